The molecule has 0 bridgehead atoms. The number of nitrogens with one attached hydrogen (secondary N) is 1. The molecule has 1 aromatic heterocycles. The number of carbonyl (C=O) groups is 2. The van der Waals surface area contributed by atoms with E-state index in [1.165, 1.54) is 30.3 Å². The Labute approximate surface area is 143 Å². The first kappa shape index (κ1) is 18.3. The van der Waals surface area contributed by atoms with Crippen LogP contribution in [-0.4, -0.2) is 32.8 Å². The number of carbonyl (C=O) groups excluding carboxylic acids is 1. The van der Waals surface area contributed by atoms with Crippen molar-refractivity contribution in [2.75, 3.05) is 0 Å². The van der Waals surface area contributed by atoms with E-state index in [0.29, 0.717) is 18.5 Å². The number of unbranched alkanes of at least 4 members (excludes halogenated alkanes) is 1. The van der Waals surface area contributed by atoms with Crippen molar-refractivity contribution >= 4 is 11.9 Å². The molecule has 1 heterocycles. The molecule has 2 aromatic rings. The summed E-state index contributed by atoms with van der Waals surface area (Å²) in [6, 6.07) is 6.38. The lowest BCUT2D eigenvalue weighted by atomic mass is 10.1. The number of hydrogen-bond acceptors (Lipinski definition) is 4. The smallest absolute Gasteiger partial charge is 0.326 e. The van der Waals surface area contributed by atoms with Crippen LogP contribution in [0.25, 0.3) is 5.69 Å². The molecule has 1 atom stereocenters. The molecule has 1 amide bonds. The fourth-order valence-corrected chi connectivity index (χ4v) is 2.20. The van der Waals surface area contributed by atoms with Crippen LogP contribution in [0, 0.1) is 5.82 Å². The highest BCUT2D eigenvalue weighted by molar-refractivity contribution is 5.94. The molecule has 0 aliphatic rings. The number of aromatic nitrogens is 2. The molecule has 0 fully saturated rings. The normalized spacial score (nSPS) is 11.8. The molecule has 7 nitrogen and oxygen atoms in total. The minimum Gasteiger partial charge on any atom is -0.480 e. The van der Waals surface area contributed by atoms with Gasteiger partial charge in [-0.2, -0.15) is 9.78 Å². The van der Waals surface area contributed by atoms with E-state index >= 15 is 0 Å². The van der Waals surface area contributed by atoms with Crippen molar-refractivity contribution in [2.24, 2.45) is 0 Å². The number of carboxylic acids is 1. The summed E-state index contributed by atoms with van der Waals surface area (Å²) in [4.78, 5) is 35.4. The Bertz CT molecular complexity index is 817. The van der Waals surface area contributed by atoms with Gasteiger partial charge in [0.1, 0.15) is 17.6 Å². The summed E-state index contributed by atoms with van der Waals surface area (Å²) < 4.78 is 14.0. The van der Waals surface area contributed by atoms with E-state index in [1.54, 1.807) is 0 Å². The van der Waals surface area contributed by atoms with Crippen molar-refractivity contribution in [2.45, 2.75) is 32.2 Å². The Morgan fingerprint density at radius 2 is 1.92 bits per heavy atom. The maximum absolute atomic E-state index is 13.0. The lowest BCUT2D eigenvalue weighted by Crippen LogP contribution is -2.41. The highest BCUT2D eigenvalue weighted by atomic mass is 19.1. The molecule has 8 heteroatoms. The van der Waals surface area contributed by atoms with Crippen molar-refractivity contribution in [3.63, 3.8) is 0 Å². The second-order valence-electron chi connectivity index (χ2n) is 5.45. The number of hydrogen-bond donors (Lipinski definition) is 2. The summed E-state index contributed by atoms with van der Waals surface area (Å²) in [6.45, 7) is 1.92. The van der Waals surface area contributed by atoms with Gasteiger partial charge in [0.15, 0.2) is 0 Å². The monoisotopic (exact) mass is 347 g/mol. The van der Waals surface area contributed by atoms with Gasteiger partial charge in [-0.3, -0.25) is 9.59 Å². The second-order valence-corrected chi connectivity index (χ2v) is 5.45. The fraction of sp³-hybridized carbons (Fsp3) is 0.294. The minimum absolute atomic E-state index is 0.105. The Morgan fingerprint density at radius 1 is 1.24 bits per heavy atom. The van der Waals surface area contributed by atoms with E-state index in [4.69, 9.17) is 0 Å². The van der Waals surface area contributed by atoms with Crippen LogP contribution in [0.4, 0.5) is 4.39 Å². The van der Waals surface area contributed by atoms with Crippen molar-refractivity contribution in [3.8, 4) is 5.69 Å². The SMILES string of the molecule is CCCC[C@H](NC(=O)c1ccc(=O)n(-c2ccc(F)cc2)n1)C(=O)O. The summed E-state index contributed by atoms with van der Waals surface area (Å²) in [5.41, 5.74) is -0.308. The third-order valence-electron chi connectivity index (χ3n) is 3.55. The number of benzene rings is 1. The first-order valence-electron chi connectivity index (χ1n) is 7.82. The maximum atomic E-state index is 13.0. The minimum atomic E-state index is -1.13. The lowest BCUT2D eigenvalue weighted by Gasteiger charge is -2.14. The van der Waals surface area contributed by atoms with E-state index in [2.05, 4.69) is 10.4 Å². The number of nitrogens with zero attached hydrogens (tertiary/aromatic N) is 2. The highest BCUT2D eigenvalue weighted by Crippen LogP contribution is 2.07. The molecule has 0 spiro atoms. The number of amides is 1. The van der Waals surface area contributed by atoms with Crippen LogP contribution in [0.1, 0.15) is 36.7 Å². The first-order valence-corrected chi connectivity index (χ1v) is 7.82. The van der Waals surface area contributed by atoms with Crippen LogP contribution in [0.15, 0.2) is 41.2 Å². The molecular weight excluding hydrogens is 329 g/mol. The molecule has 1 aromatic carbocycles. The molecule has 0 saturated heterocycles. The van der Waals surface area contributed by atoms with Crippen LogP contribution in [0.5, 0.6) is 0 Å². The molecular formula is C17H18FN3O4. The first-order chi connectivity index (χ1) is 11.9. The van der Waals surface area contributed by atoms with Gasteiger partial charge in [0, 0.05) is 6.07 Å². The third-order valence-corrected chi connectivity index (χ3v) is 3.55. The predicted octanol–water partition coefficient (Wildman–Crippen LogP) is 1.74. The highest BCUT2D eigenvalue weighted by Gasteiger charge is 2.21. The van der Waals surface area contributed by atoms with Gasteiger partial charge >= 0.3 is 5.97 Å². The Balaban J connectivity index is 2.26. The van der Waals surface area contributed by atoms with Gasteiger partial charge in [-0.15, -0.1) is 0 Å². The summed E-state index contributed by atoms with van der Waals surface area (Å²) in [5.74, 6) is -2.29. The fourth-order valence-electron chi connectivity index (χ4n) is 2.20. The third kappa shape index (κ3) is 4.72. The molecule has 2 N–H and O–H groups in total. The van der Waals surface area contributed by atoms with Gasteiger partial charge in [0.05, 0.1) is 5.69 Å². The summed E-state index contributed by atoms with van der Waals surface area (Å²) in [6.07, 6.45) is 1.75. The Morgan fingerprint density at radius 3 is 2.52 bits per heavy atom. The summed E-state index contributed by atoms with van der Waals surface area (Å²) in [5, 5.41) is 15.5. The number of halogens is 1. The zero-order valence-electron chi connectivity index (χ0n) is 13.6. The quantitative estimate of drug-likeness (QED) is 0.794. The summed E-state index contributed by atoms with van der Waals surface area (Å²) >= 11 is 0. The van der Waals surface area contributed by atoms with Gasteiger partial charge in [-0.05, 0) is 36.8 Å². The lowest BCUT2D eigenvalue weighted by molar-refractivity contribution is -0.139. The second kappa shape index (κ2) is 8.18. The molecule has 132 valence electrons. The van der Waals surface area contributed by atoms with Gasteiger partial charge in [-0.25, -0.2) is 9.18 Å². The number of aliphatic carboxylic acids is 1. The van der Waals surface area contributed by atoms with Crippen LogP contribution < -0.4 is 10.9 Å². The van der Waals surface area contributed by atoms with Crippen LogP contribution in [0.2, 0.25) is 0 Å². The molecule has 25 heavy (non-hydrogen) atoms. The Hall–Kier alpha value is -3.03. The molecule has 0 unspecified atom stereocenters. The van der Waals surface area contributed by atoms with E-state index in [1.807, 2.05) is 6.92 Å². The topological polar surface area (TPSA) is 101 Å². The standard InChI is InChI=1S/C17H18FN3O4/c1-2-3-4-14(17(24)25)19-16(23)13-9-10-15(22)21(20-13)12-7-5-11(18)6-8-12/h5-10,14H,2-4H2,1H3,(H,19,23)(H,24,25)/t14-/m0/s1. The maximum Gasteiger partial charge on any atom is 0.326 e. The van der Waals surface area contributed by atoms with E-state index < -0.39 is 29.3 Å². The van der Waals surface area contributed by atoms with Crippen molar-refractivity contribution < 1.29 is 19.1 Å². The zero-order chi connectivity index (χ0) is 18.4. The number of rotatable bonds is 7. The average Bonchev–Trinajstić information content (AvgIpc) is 2.59. The largest absolute Gasteiger partial charge is 0.480 e. The molecule has 0 aliphatic heterocycles. The van der Waals surface area contributed by atoms with Gasteiger partial charge in [0.25, 0.3) is 11.5 Å². The van der Waals surface area contributed by atoms with Crippen LogP contribution >= 0.6 is 0 Å². The van der Waals surface area contributed by atoms with Crippen molar-refractivity contribution in [1.29, 1.82) is 0 Å². The molecule has 0 saturated carbocycles. The number of carboxylic acid groups (broad SMARTS) is 1. The van der Waals surface area contributed by atoms with Crippen molar-refractivity contribution in [1.82, 2.24) is 15.1 Å². The van der Waals surface area contributed by atoms with E-state index in [9.17, 15) is 23.9 Å². The molecule has 0 aliphatic carbocycles. The van der Waals surface area contributed by atoms with Crippen LogP contribution in [-0.2, 0) is 4.79 Å². The van der Waals surface area contributed by atoms with Gasteiger partial charge in [0.2, 0.25) is 0 Å². The molecule has 0 radical (unpaired) electrons. The van der Waals surface area contributed by atoms with Gasteiger partial charge in [-0.1, -0.05) is 19.8 Å². The van der Waals surface area contributed by atoms with E-state index in [-0.39, 0.29) is 5.69 Å². The van der Waals surface area contributed by atoms with Crippen molar-refractivity contribution in [3.05, 3.63) is 58.3 Å². The van der Waals surface area contributed by atoms with E-state index in [0.717, 1.165) is 17.2 Å². The average molecular weight is 347 g/mol. The van der Waals surface area contributed by atoms with Gasteiger partial charge < -0.3 is 10.4 Å². The predicted molar refractivity (Wildman–Crippen MR) is 88.2 cm³/mol. The van der Waals surface area contributed by atoms with Crippen LogP contribution in [0.3, 0.4) is 0 Å². The zero-order valence-corrected chi connectivity index (χ0v) is 13.6. The molecule has 2 rings (SSSR count). The Kier molecular flexibility index (Phi) is 5.99. The summed E-state index contributed by atoms with van der Waals surface area (Å²) in [7, 11) is 0.